The number of hydrogen-bond acceptors (Lipinski definition) is 7. The van der Waals surface area contributed by atoms with E-state index in [0.29, 0.717) is 5.69 Å². The highest BCUT2D eigenvalue weighted by atomic mass is 16.5. The highest BCUT2D eigenvalue weighted by Gasteiger charge is 2.18. The van der Waals surface area contributed by atoms with Crippen LogP contribution in [-0.4, -0.2) is 34.4 Å². The van der Waals surface area contributed by atoms with E-state index in [0.717, 1.165) is 5.56 Å². The number of esters is 1. The number of nitrogens with two attached hydrogens (primary N) is 1. The van der Waals surface area contributed by atoms with Crippen molar-refractivity contribution in [2.75, 3.05) is 17.7 Å². The van der Waals surface area contributed by atoms with Gasteiger partial charge in [-0.25, -0.2) is 14.8 Å². The van der Waals surface area contributed by atoms with Crippen LogP contribution >= 0.6 is 0 Å². The molecule has 0 aliphatic rings. The van der Waals surface area contributed by atoms with E-state index in [1.54, 1.807) is 24.3 Å². The van der Waals surface area contributed by atoms with Gasteiger partial charge in [-0.3, -0.25) is 9.59 Å². The van der Waals surface area contributed by atoms with Crippen LogP contribution in [0.1, 0.15) is 39.4 Å². The fourth-order valence-electron chi connectivity index (χ4n) is 2.78. The maximum atomic E-state index is 12.7. The number of anilines is 2. The van der Waals surface area contributed by atoms with E-state index >= 15 is 0 Å². The topological polar surface area (TPSA) is 136 Å². The van der Waals surface area contributed by atoms with Gasteiger partial charge < -0.3 is 21.1 Å². The lowest BCUT2D eigenvalue weighted by Gasteiger charge is -2.16. The predicted molar refractivity (Wildman–Crippen MR) is 114 cm³/mol. The summed E-state index contributed by atoms with van der Waals surface area (Å²) in [6.07, 6.45) is 2.62. The molecule has 2 aromatic carbocycles. The van der Waals surface area contributed by atoms with E-state index in [1.807, 2.05) is 37.3 Å². The number of nitrogens with one attached hydrogen (secondary N) is 2. The minimum Gasteiger partial charge on any atom is -0.451 e. The zero-order valence-electron chi connectivity index (χ0n) is 16.7. The van der Waals surface area contributed by atoms with Crippen LogP contribution in [0.15, 0.2) is 67.0 Å². The first kappa shape index (κ1) is 21.4. The number of nitrogens with zero attached hydrogens (tertiary/aromatic N) is 2. The lowest BCUT2D eigenvalue weighted by atomic mass is 10.1. The molecule has 0 spiro atoms. The number of rotatable bonds is 7. The van der Waals surface area contributed by atoms with Crippen molar-refractivity contribution in [2.45, 2.75) is 13.0 Å². The number of aromatic nitrogens is 2. The molecule has 1 aromatic heterocycles. The first-order chi connectivity index (χ1) is 15.0. The Labute approximate surface area is 178 Å². The van der Waals surface area contributed by atoms with E-state index < -0.39 is 18.5 Å². The average molecular weight is 419 g/mol. The van der Waals surface area contributed by atoms with Crippen LogP contribution in [0.3, 0.4) is 0 Å². The van der Waals surface area contributed by atoms with Crippen molar-refractivity contribution < 1.29 is 19.1 Å². The van der Waals surface area contributed by atoms with Crippen LogP contribution in [0.25, 0.3) is 0 Å². The zero-order chi connectivity index (χ0) is 22.2. The number of hydrogen-bond donors (Lipinski definition) is 3. The van der Waals surface area contributed by atoms with Crippen molar-refractivity contribution in [3.05, 3.63) is 83.8 Å². The normalized spacial score (nSPS) is 11.3. The summed E-state index contributed by atoms with van der Waals surface area (Å²) in [5.41, 5.74) is 6.91. The third kappa shape index (κ3) is 5.63. The molecule has 0 bridgehead atoms. The fourth-order valence-corrected chi connectivity index (χ4v) is 2.78. The molecule has 0 fully saturated rings. The van der Waals surface area contributed by atoms with E-state index in [2.05, 4.69) is 20.6 Å². The molecule has 9 nitrogen and oxygen atoms in total. The van der Waals surface area contributed by atoms with E-state index in [-0.39, 0.29) is 29.0 Å². The van der Waals surface area contributed by atoms with Crippen LogP contribution in [0.4, 0.5) is 11.5 Å². The van der Waals surface area contributed by atoms with Crippen LogP contribution in [0, 0.1) is 0 Å². The zero-order valence-corrected chi connectivity index (χ0v) is 16.7. The second-order valence-corrected chi connectivity index (χ2v) is 6.57. The highest BCUT2D eigenvalue weighted by molar-refractivity contribution is 6.04. The van der Waals surface area contributed by atoms with Crippen LogP contribution in [0.2, 0.25) is 0 Å². The Morgan fingerprint density at radius 1 is 1.00 bits per heavy atom. The van der Waals surface area contributed by atoms with Gasteiger partial charge in [-0.1, -0.05) is 42.5 Å². The van der Waals surface area contributed by atoms with Gasteiger partial charge in [-0.05, 0) is 24.6 Å². The van der Waals surface area contributed by atoms with Crippen molar-refractivity contribution in [3.8, 4) is 0 Å². The maximum Gasteiger partial charge on any atom is 0.361 e. The molecule has 4 N–H and O–H groups in total. The van der Waals surface area contributed by atoms with Crippen molar-refractivity contribution >= 4 is 29.3 Å². The summed E-state index contributed by atoms with van der Waals surface area (Å²) >= 11 is 0. The molecule has 0 aliphatic heterocycles. The summed E-state index contributed by atoms with van der Waals surface area (Å²) in [6, 6.07) is 15.8. The van der Waals surface area contributed by atoms with Gasteiger partial charge in [-0.15, -0.1) is 0 Å². The SMILES string of the molecule is CC(NC(=O)c1ccccc1NC(=O)COC(=O)c1nccnc1N)c1ccccc1. The highest BCUT2D eigenvalue weighted by Crippen LogP contribution is 2.18. The molecule has 31 heavy (non-hydrogen) atoms. The molecular formula is C22H21N5O4. The smallest absolute Gasteiger partial charge is 0.361 e. The molecule has 0 aliphatic carbocycles. The van der Waals surface area contributed by atoms with Crippen molar-refractivity contribution in [1.29, 1.82) is 0 Å². The summed E-state index contributed by atoms with van der Waals surface area (Å²) in [5.74, 6) is -1.94. The maximum absolute atomic E-state index is 12.7. The van der Waals surface area contributed by atoms with Crippen molar-refractivity contribution in [3.63, 3.8) is 0 Å². The number of carbonyl (C=O) groups excluding carboxylic acids is 3. The molecule has 0 radical (unpaired) electrons. The van der Waals surface area contributed by atoms with Crippen molar-refractivity contribution in [1.82, 2.24) is 15.3 Å². The van der Waals surface area contributed by atoms with Gasteiger partial charge in [0.25, 0.3) is 11.8 Å². The number of nitrogen functional groups attached to an aromatic ring is 1. The minimum atomic E-state index is -0.872. The van der Waals surface area contributed by atoms with Gasteiger partial charge in [0.05, 0.1) is 17.3 Å². The standard InChI is InChI=1S/C22H21N5O4/c1-14(15-7-3-2-4-8-15)26-21(29)16-9-5-6-10-17(16)27-18(28)13-31-22(30)19-20(23)25-12-11-24-19/h2-12,14H,13H2,1H3,(H2,23,25)(H,26,29)(H,27,28). The number of amides is 2. The van der Waals surface area contributed by atoms with Gasteiger partial charge in [-0.2, -0.15) is 0 Å². The van der Waals surface area contributed by atoms with Gasteiger partial charge in [0.15, 0.2) is 18.1 Å². The Morgan fingerprint density at radius 3 is 2.42 bits per heavy atom. The molecular weight excluding hydrogens is 398 g/mol. The second-order valence-electron chi connectivity index (χ2n) is 6.57. The summed E-state index contributed by atoms with van der Waals surface area (Å²) in [4.78, 5) is 44.5. The molecule has 3 rings (SSSR count). The lowest BCUT2D eigenvalue weighted by Crippen LogP contribution is -2.28. The quantitative estimate of drug-likeness (QED) is 0.500. The monoisotopic (exact) mass is 419 g/mol. The molecule has 0 saturated carbocycles. The van der Waals surface area contributed by atoms with Crippen LogP contribution in [0.5, 0.6) is 0 Å². The molecule has 158 valence electrons. The van der Waals surface area contributed by atoms with Gasteiger partial charge in [0.2, 0.25) is 0 Å². The largest absolute Gasteiger partial charge is 0.451 e. The summed E-state index contributed by atoms with van der Waals surface area (Å²) in [6.45, 7) is 1.29. The minimum absolute atomic E-state index is 0.0949. The van der Waals surface area contributed by atoms with Crippen LogP contribution < -0.4 is 16.4 Å². The summed E-state index contributed by atoms with van der Waals surface area (Å²) in [7, 11) is 0. The number of benzene rings is 2. The Morgan fingerprint density at radius 2 is 1.68 bits per heavy atom. The molecule has 9 heteroatoms. The number of para-hydroxylation sites is 1. The molecule has 0 saturated heterocycles. The van der Waals surface area contributed by atoms with Gasteiger partial charge >= 0.3 is 5.97 Å². The summed E-state index contributed by atoms with van der Waals surface area (Å²) in [5, 5.41) is 5.48. The predicted octanol–water partition coefficient (Wildman–Crippen LogP) is 2.35. The third-order valence-corrected chi connectivity index (χ3v) is 4.35. The molecule has 1 atom stereocenters. The van der Waals surface area contributed by atoms with Crippen molar-refractivity contribution in [2.24, 2.45) is 0 Å². The Kier molecular flexibility index (Phi) is 6.89. The first-order valence-corrected chi connectivity index (χ1v) is 9.44. The lowest BCUT2D eigenvalue weighted by molar-refractivity contribution is -0.119. The molecule has 3 aromatic rings. The molecule has 2 amide bonds. The Balaban J connectivity index is 1.62. The number of ether oxygens (including phenoxy) is 1. The average Bonchev–Trinajstić information content (AvgIpc) is 2.78. The van der Waals surface area contributed by atoms with Gasteiger partial charge in [0, 0.05) is 12.4 Å². The molecule has 1 unspecified atom stereocenters. The first-order valence-electron chi connectivity index (χ1n) is 9.44. The second kappa shape index (κ2) is 9.97. The third-order valence-electron chi connectivity index (χ3n) is 4.35. The number of carbonyl (C=O) groups is 3. The molecule has 1 heterocycles. The van der Waals surface area contributed by atoms with Gasteiger partial charge in [0.1, 0.15) is 0 Å². The van der Waals surface area contributed by atoms with Crippen LogP contribution in [-0.2, 0) is 9.53 Å². The Bertz CT molecular complexity index is 1090. The van der Waals surface area contributed by atoms with E-state index in [4.69, 9.17) is 10.5 Å². The Hall–Kier alpha value is -4.27. The summed E-state index contributed by atoms with van der Waals surface area (Å²) < 4.78 is 4.93. The van der Waals surface area contributed by atoms with E-state index in [1.165, 1.54) is 12.4 Å². The fraction of sp³-hybridized carbons (Fsp3) is 0.136. The van der Waals surface area contributed by atoms with E-state index in [9.17, 15) is 14.4 Å².